The monoisotopic (exact) mass is 276 g/mol. The zero-order valence-corrected chi connectivity index (χ0v) is 10.1. The molecule has 4 radical (unpaired) electrons. The Morgan fingerprint density at radius 2 is 1.58 bits per heavy atom. The van der Waals surface area contributed by atoms with Gasteiger partial charge >= 0.3 is 89.6 Å². The molecule has 0 atom stereocenters. The summed E-state index contributed by atoms with van der Waals surface area (Å²) in [5, 5.41) is 2.64. The molecule has 56 valence electrons. The molecule has 2 rings (SSSR count). The quantitative estimate of drug-likeness (QED) is 0.612. The van der Waals surface area contributed by atoms with E-state index in [1.165, 1.54) is 19.5 Å². The van der Waals surface area contributed by atoms with Crippen molar-refractivity contribution in [1.82, 2.24) is 0 Å². The summed E-state index contributed by atoms with van der Waals surface area (Å²) in [6.45, 7) is 0. The first-order valence-corrected chi connectivity index (χ1v) is 5.56. The van der Waals surface area contributed by atoms with Gasteiger partial charge in [0, 0.05) is 0 Å². The van der Waals surface area contributed by atoms with Gasteiger partial charge in [-0.25, -0.2) is 0 Å². The van der Waals surface area contributed by atoms with Crippen LogP contribution >= 0.6 is 0 Å². The molecule has 0 fully saturated rings. The molecule has 0 spiro atoms. The molecular formula is C10H6As2. The first-order valence-electron chi connectivity index (χ1n) is 3.69. The second kappa shape index (κ2) is 3.28. The summed E-state index contributed by atoms with van der Waals surface area (Å²) in [5.41, 5.74) is 0. The Morgan fingerprint density at radius 1 is 0.833 bits per heavy atom. The van der Waals surface area contributed by atoms with Gasteiger partial charge in [-0.3, -0.25) is 0 Å². The third-order valence-electron chi connectivity index (χ3n) is 1.88. The first kappa shape index (κ1) is 8.42. The fourth-order valence-electron chi connectivity index (χ4n) is 1.24. The average molecular weight is 276 g/mol. The fourth-order valence-corrected chi connectivity index (χ4v) is 2.24. The molecule has 2 aromatic rings. The van der Waals surface area contributed by atoms with E-state index in [0.717, 1.165) is 0 Å². The Labute approximate surface area is 89.4 Å². The third kappa shape index (κ3) is 1.35. The average Bonchev–Trinajstić information content (AvgIpc) is 2.12. The van der Waals surface area contributed by atoms with E-state index in [9.17, 15) is 0 Å². The molecule has 0 saturated heterocycles. The van der Waals surface area contributed by atoms with Crippen LogP contribution in [0.15, 0.2) is 36.4 Å². The summed E-state index contributed by atoms with van der Waals surface area (Å²) >= 11 is 5.22. The van der Waals surface area contributed by atoms with Crippen molar-refractivity contribution in [2.45, 2.75) is 0 Å². The van der Waals surface area contributed by atoms with Crippen molar-refractivity contribution in [2.24, 2.45) is 0 Å². The molecule has 0 nitrogen and oxygen atoms in total. The van der Waals surface area contributed by atoms with E-state index in [1.807, 2.05) is 0 Å². The van der Waals surface area contributed by atoms with Crippen LogP contribution in [-0.2, 0) is 0 Å². The van der Waals surface area contributed by atoms with Gasteiger partial charge in [-0.2, -0.15) is 0 Å². The number of hydrogen-bond acceptors (Lipinski definition) is 0. The van der Waals surface area contributed by atoms with Crippen molar-refractivity contribution in [3.63, 3.8) is 0 Å². The van der Waals surface area contributed by atoms with Crippen molar-refractivity contribution < 1.29 is 0 Å². The van der Waals surface area contributed by atoms with Crippen LogP contribution in [0.3, 0.4) is 0 Å². The van der Waals surface area contributed by atoms with Gasteiger partial charge in [0.1, 0.15) is 0 Å². The summed E-state index contributed by atoms with van der Waals surface area (Å²) in [6.07, 6.45) is 0. The summed E-state index contributed by atoms with van der Waals surface area (Å²) in [5.74, 6) is 0. The van der Waals surface area contributed by atoms with Crippen molar-refractivity contribution in [2.75, 3.05) is 0 Å². The van der Waals surface area contributed by atoms with E-state index >= 15 is 0 Å². The molecule has 0 aliphatic carbocycles. The Bertz CT molecular complexity index is 421. The molecule has 0 aromatic heterocycles. The summed E-state index contributed by atoms with van der Waals surface area (Å²) < 4.78 is 2.58. The predicted molar refractivity (Wildman–Crippen MR) is 54.7 cm³/mol. The molecule has 12 heavy (non-hydrogen) atoms. The topological polar surface area (TPSA) is 0 Å². The van der Waals surface area contributed by atoms with E-state index in [1.54, 1.807) is 0 Å². The van der Waals surface area contributed by atoms with Crippen LogP contribution in [0.2, 0.25) is 0 Å². The van der Waals surface area contributed by atoms with E-state index in [2.05, 4.69) is 70.1 Å². The predicted octanol–water partition coefficient (Wildman–Crippen LogP) is 0.427. The van der Waals surface area contributed by atoms with Gasteiger partial charge in [-0.15, -0.1) is 0 Å². The third-order valence-corrected chi connectivity index (χ3v) is 4.50. The number of hydrogen-bond donors (Lipinski definition) is 0. The van der Waals surface area contributed by atoms with Crippen molar-refractivity contribution in [1.29, 1.82) is 0 Å². The Hall–Kier alpha value is -0.183. The number of rotatable bonds is 0. The van der Waals surface area contributed by atoms with E-state index in [4.69, 9.17) is 0 Å². The second-order valence-electron chi connectivity index (χ2n) is 2.65. The van der Waals surface area contributed by atoms with Crippen LogP contribution < -0.4 is 8.70 Å². The van der Waals surface area contributed by atoms with E-state index in [0.29, 0.717) is 0 Å². The summed E-state index contributed by atoms with van der Waals surface area (Å²) in [6, 6.07) is 12.7. The van der Waals surface area contributed by atoms with Gasteiger partial charge in [-0.1, -0.05) is 0 Å². The molecular weight excluding hydrogens is 270 g/mol. The SMILES string of the molecule is [As]c1ccc2ccccc2c1[As]. The van der Waals surface area contributed by atoms with Crippen molar-refractivity contribution >= 4 is 53.2 Å². The van der Waals surface area contributed by atoms with Crippen molar-refractivity contribution in [3.05, 3.63) is 36.4 Å². The molecule has 0 unspecified atom stereocenters. The maximum atomic E-state index is 2.63. The zero-order valence-electron chi connectivity index (χ0n) is 6.36. The van der Waals surface area contributed by atoms with Crippen molar-refractivity contribution in [3.8, 4) is 0 Å². The van der Waals surface area contributed by atoms with Gasteiger partial charge in [0.15, 0.2) is 0 Å². The standard InChI is InChI=1S/C10H6As2/c11-9-6-5-7-3-1-2-4-8(7)10(9)12/h1-6H. The first-order chi connectivity index (χ1) is 5.79. The molecule has 2 heteroatoms. The van der Waals surface area contributed by atoms with E-state index in [-0.39, 0.29) is 0 Å². The molecule has 0 N–H and O–H groups in total. The minimum absolute atomic E-state index is 1.28. The molecule has 2 aromatic carbocycles. The van der Waals surface area contributed by atoms with Gasteiger partial charge in [0.2, 0.25) is 0 Å². The molecule has 0 saturated carbocycles. The van der Waals surface area contributed by atoms with Gasteiger partial charge in [0.05, 0.1) is 0 Å². The summed E-state index contributed by atoms with van der Waals surface area (Å²) in [7, 11) is 0. The van der Waals surface area contributed by atoms with Crippen LogP contribution in [0.4, 0.5) is 0 Å². The molecule has 0 heterocycles. The second-order valence-corrected chi connectivity index (χ2v) is 4.60. The Balaban J connectivity index is 2.91. The molecule has 0 aliphatic rings. The van der Waals surface area contributed by atoms with Gasteiger partial charge in [-0.05, 0) is 0 Å². The normalized spacial score (nSPS) is 10.5. The van der Waals surface area contributed by atoms with Crippen LogP contribution in [0, 0.1) is 0 Å². The van der Waals surface area contributed by atoms with E-state index < -0.39 is 0 Å². The van der Waals surface area contributed by atoms with Gasteiger partial charge < -0.3 is 0 Å². The van der Waals surface area contributed by atoms with Crippen LogP contribution in [-0.4, -0.2) is 33.7 Å². The Morgan fingerprint density at radius 3 is 2.42 bits per heavy atom. The van der Waals surface area contributed by atoms with Crippen LogP contribution in [0.1, 0.15) is 0 Å². The molecule has 0 aliphatic heterocycles. The molecule has 0 bridgehead atoms. The fraction of sp³-hybridized carbons (Fsp3) is 0. The minimum atomic E-state index is 1.28. The van der Waals surface area contributed by atoms with Crippen LogP contribution in [0.25, 0.3) is 10.8 Å². The zero-order chi connectivity index (χ0) is 8.55. The van der Waals surface area contributed by atoms with Crippen LogP contribution in [0.5, 0.6) is 0 Å². The number of fused-ring (bicyclic) bond motifs is 1. The molecule has 0 amide bonds. The van der Waals surface area contributed by atoms with Gasteiger partial charge in [0.25, 0.3) is 0 Å². The maximum absolute atomic E-state index is 2.63. The summed E-state index contributed by atoms with van der Waals surface area (Å²) in [4.78, 5) is 0. The Kier molecular flexibility index (Phi) is 2.30. The number of benzene rings is 2.